The SMILES string of the molecule is C/C(Cn1nnc([N+](=O)[O-])n1)=N\NC(=O)c1cc(Br)n(C)n1. The molecule has 0 atom stereocenters. The van der Waals surface area contributed by atoms with E-state index >= 15 is 0 Å². The lowest BCUT2D eigenvalue weighted by molar-refractivity contribution is -0.394. The van der Waals surface area contributed by atoms with E-state index in [1.54, 1.807) is 20.0 Å². The topological polar surface area (TPSA) is 146 Å². The quantitative estimate of drug-likeness (QED) is 0.437. The molecule has 12 nitrogen and oxygen atoms in total. The van der Waals surface area contributed by atoms with E-state index in [2.05, 4.69) is 47.0 Å². The molecule has 0 saturated carbocycles. The first-order valence-corrected chi connectivity index (χ1v) is 6.61. The smallest absolute Gasteiger partial charge is 0.390 e. The first-order chi connectivity index (χ1) is 10.4. The molecule has 116 valence electrons. The van der Waals surface area contributed by atoms with Gasteiger partial charge in [0.25, 0.3) is 5.91 Å². The molecule has 0 saturated heterocycles. The number of tetrazole rings is 1. The van der Waals surface area contributed by atoms with Crippen molar-refractivity contribution in [1.82, 2.24) is 35.4 Å². The highest BCUT2D eigenvalue weighted by atomic mass is 79.9. The maximum absolute atomic E-state index is 11.8. The van der Waals surface area contributed by atoms with Crippen LogP contribution in [0.4, 0.5) is 5.95 Å². The van der Waals surface area contributed by atoms with Gasteiger partial charge in [0.05, 0.1) is 15.9 Å². The van der Waals surface area contributed by atoms with Crippen LogP contribution in [0.3, 0.4) is 0 Å². The minimum Gasteiger partial charge on any atom is -0.390 e. The van der Waals surface area contributed by atoms with Gasteiger partial charge in [-0.3, -0.25) is 9.48 Å². The third kappa shape index (κ3) is 3.69. The van der Waals surface area contributed by atoms with E-state index in [1.165, 1.54) is 4.68 Å². The highest BCUT2D eigenvalue weighted by molar-refractivity contribution is 9.10. The average molecular weight is 372 g/mol. The van der Waals surface area contributed by atoms with Crippen molar-refractivity contribution in [3.05, 3.63) is 26.5 Å². The van der Waals surface area contributed by atoms with Crippen molar-refractivity contribution >= 4 is 33.5 Å². The number of halogens is 1. The summed E-state index contributed by atoms with van der Waals surface area (Å²) >= 11 is 3.23. The number of aryl methyl sites for hydroxylation is 1. The summed E-state index contributed by atoms with van der Waals surface area (Å²) in [5.41, 5.74) is 2.94. The summed E-state index contributed by atoms with van der Waals surface area (Å²) < 4.78 is 2.14. The van der Waals surface area contributed by atoms with Gasteiger partial charge in [0.15, 0.2) is 5.69 Å². The molecule has 0 aliphatic heterocycles. The van der Waals surface area contributed by atoms with E-state index in [9.17, 15) is 14.9 Å². The minimum absolute atomic E-state index is 0.0486. The molecular weight excluding hydrogens is 362 g/mol. The second-order valence-corrected chi connectivity index (χ2v) is 4.95. The molecule has 0 aromatic carbocycles. The van der Waals surface area contributed by atoms with Crippen LogP contribution >= 0.6 is 15.9 Å². The van der Waals surface area contributed by atoms with E-state index < -0.39 is 16.8 Å². The number of rotatable bonds is 5. The van der Waals surface area contributed by atoms with Crippen LogP contribution in [0.2, 0.25) is 0 Å². The highest BCUT2D eigenvalue weighted by Crippen LogP contribution is 2.09. The maximum Gasteiger partial charge on any atom is 0.514 e. The zero-order chi connectivity index (χ0) is 16.3. The molecule has 0 aliphatic carbocycles. The minimum atomic E-state index is -0.753. The van der Waals surface area contributed by atoms with Crippen LogP contribution in [0, 0.1) is 10.1 Å². The Morgan fingerprint density at radius 1 is 1.55 bits per heavy atom. The van der Waals surface area contributed by atoms with Gasteiger partial charge < -0.3 is 10.1 Å². The highest BCUT2D eigenvalue weighted by Gasteiger charge is 2.16. The molecular formula is C9H10BrN9O3. The van der Waals surface area contributed by atoms with Gasteiger partial charge in [-0.25, -0.2) is 5.43 Å². The second-order valence-electron chi connectivity index (χ2n) is 4.14. The Bertz CT molecular complexity index is 730. The molecule has 2 rings (SSSR count). The Balaban J connectivity index is 1.97. The predicted molar refractivity (Wildman–Crippen MR) is 76.0 cm³/mol. The largest absolute Gasteiger partial charge is 0.514 e. The van der Waals surface area contributed by atoms with Gasteiger partial charge in [-0.15, -0.1) is 0 Å². The molecule has 1 N–H and O–H groups in total. The molecule has 0 unspecified atom stereocenters. The number of hydrazone groups is 1. The van der Waals surface area contributed by atoms with Gasteiger partial charge in [-0.1, -0.05) is 4.80 Å². The number of nitrogens with zero attached hydrogens (tertiary/aromatic N) is 8. The third-order valence-corrected chi connectivity index (χ3v) is 3.12. The summed E-state index contributed by atoms with van der Waals surface area (Å²) in [5.74, 6) is -1.09. The Morgan fingerprint density at radius 2 is 2.27 bits per heavy atom. The van der Waals surface area contributed by atoms with Crippen molar-refractivity contribution < 1.29 is 9.72 Å². The second kappa shape index (κ2) is 6.38. The van der Waals surface area contributed by atoms with Crippen LogP contribution in [0.15, 0.2) is 15.8 Å². The number of carbonyl (C=O) groups is 1. The zero-order valence-electron chi connectivity index (χ0n) is 11.5. The number of carbonyl (C=O) groups excluding carboxylic acids is 1. The van der Waals surface area contributed by atoms with E-state index in [0.717, 1.165) is 4.80 Å². The van der Waals surface area contributed by atoms with Gasteiger partial charge in [-0.2, -0.15) is 10.2 Å². The number of aromatic nitrogens is 6. The molecule has 0 spiro atoms. The van der Waals surface area contributed by atoms with Crippen molar-refractivity contribution in [2.24, 2.45) is 12.1 Å². The van der Waals surface area contributed by atoms with E-state index in [0.29, 0.717) is 10.3 Å². The summed E-state index contributed by atoms with van der Waals surface area (Å²) in [6.07, 6.45) is 0. The average Bonchev–Trinajstić information content (AvgIpc) is 3.04. The van der Waals surface area contributed by atoms with Gasteiger partial charge in [0.2, 0.25) is 0 Å². The van der Waals surface area contributed by atoms with Crippen LogP contribution in [0.1, 0.15) is 17.4 Å². The van der Waals surface area contributed by atoms with E-state index in [1.807, 2.05) is 0 Å². The fourth-order valence-electron chi connectivity index (χ4n) is 1.37. The van der Waals surface area contributed by atoms with Crippen molar-refractivity contribution in [1.29, 1.82) is 0 Å². The zero-order valence-corrected chi connectivity index (χ0v) is 13.1. The molecule has 0 aliphatic rings. The summed E-state index contributed by atoms with van der Waals surface area (Å²) in [6.45, 7) is 1.65. The lowest BCUT2D eigenvalue weighted by Crippen LogP contribution is -2.21. The summed E-state index contributed by atoms with van der Waals surface area (Å²) in [5, 5.41) is 28.5. The lowest BCUT2D eigenvalue weighted by atomic mass is 10.4. The molecule has 1 amide bonds. The number of hydrogen-bond donors (Lipinski definition) is 1. The van der Waals surface area contributed by atoms with Gasteiger partial charge >= 0.3 is 5.95 Å². The molecule has 2 aromatic rings. The van der Waals surface area contributed by atoms with Gasteiger partial charge in [0.1, 0.15) is 11.1 Å². The summed E-state index contributed by atoms with van der Waals surface area (Å²) in [6, 6.07) is 1.54. The van der Waals surface area contributed by atoms with Crippen LogP contribution in [0.5, 0.6) is 0 Å². The maximum atomic E-state index is 11.8. The monoisotopic (exact) mass is 371 g/mol. The fraction of sp³-hybridized carbons (Fsp3) is 0.333. The van der Waals surface area contributed by atoms with Crippen molar-refractivity contribution in [2.75, 3.05) is 0 Å². The number of nitrogens with one attached hydrogen (secondary N) is 1. The Kier molecular flexibility index (Phi) is 4.55. The first kappa shape index (κ1) is 15.7. The third-order valence-electron chi connectivity index (χ3n) is 2.38. The molecule has 0 bridgehead atoms. The van der Waals surface area contributed by atoms with Gasteiger partial charge in [0, 0.05) is 18.3 Å². The van der Waals surface area contributed by atoms with E-state index in [-0.39, 0.29) is 12.2 Å². The van der Waals surface area contributed by atoms with Crippen LogP contribution in [-0.4, -0.2) is 46.5 Å². The van der Waals surface area contributed by atoms with Crippen molar-refractivity contribution in [2.45, 2.75) is 13.5 Å². The molecule has 0 radical (unpaired) electrons. The van der Waals surface area contributed by atoms with E-state index in [4.69, 9.17) is 0 Å². The first-order valence-electron chi connectivity index (χ1n) is 5.82. The lowest BCUT2D eigenvalue weighted by Gasteiger charge is -1.98. The van der Waals surface area contributed by atoms with Gasteiger partial charge in [-0.05, 0) is 27.8 Å². The van der Waals surface area contributed by atoms with Crippen molar-refractivity contribution in [3.63, 3.8) is 0 Å². The molecule has 2 heterocycles. The molecule has 13 heteroatoms. The molecule has 2 aromatic heterocycles. The Hall–Kier alpha value is -2.70. The number of amides is 1. The fourth-order valence-corrected chi connectivity index (χ4v) is 1.67. The summed E-state index contributed by atoms with van der Waals surface area (Å²) in [4.78, 5) is 22.5. The standard InChI is InChI=1S/C9H10BrN9O3/c1-5(4-18-15-9(13-16-18)19(21)22)11-12-8(20)6-3-7(10)17(2)14-6/h3H,4H2,1-2H3,(H,12,20)/b11-5+. The van der Waals surface area contributed by atoms with Crippen molar-refractivity contribution in [3.8, 4) is 0 Å². The normalized spacial score (nSPS) is 11.5. The number of nitro groups is 1. The molecule has 22 heavy (non-hydrogen) atoms. The number of hydrogen-bond acceptors (Lipinski definition) is 8. The predicted octanol–water partition coefficient (Wildman–Crippen LogP) is -0.117. The van der Waals surface area contributed by atoms with Crippen LogP contribution < -0.4 is 5.43 Å². The summed E-state index contributed by atoms with van der Waals surface area (Å²) in [7, 11) is 1.68. The Morgan fingerprint density at radius 3 is 2.82 bits per heavy atom. The van der Waals surface area contributed by atoms with Crippen LogP contribution in [-0.2, 0) is 13.6 Å². The van der Waals surface area contributed by atoms with Crippen LogP contribution in [0.25, 0.3) is 0 Å². The Labute approximate surface area is 131 Å². The molecule has 0 fully saturated rings.